The zero-order valence-electron chi connectivity index (χ0n) is 11.3. The van der Waals surface area contributed by atoms with Crippen LogP contribution in [0.1, 0.15) is 36.6 Å². The van der Waals surface area contributed by atoms with Gasteiger partial charge in [0.15, 0.2) is 0 Å². The maximum absolute atomic E-state index is 12.0. The van der Waals surface area contributed by atoms with Crippen LogP contribution in [-0.4, -0.2) is 23.9 Å². The van der Waals surface area contributed by atoms with Crippen molar-refractivity contribution in [2.24, 2.45) is 11.7 Å². The highest BCUT2D eigenvalue weighted by Crippen LogP contribution is 2.21. The number of carbonyl (C=O) groups excluding carboxylic acids is 1. The molecule has 3 nitrogen and oxygen atoms in total. The molecule has 0 bridgehead atoms. The van der Waals surface area contributed by atoms with Gasteiger partial charge in [-0.1, -0.05) is 18.8 Å². The van der Waals surface area contributed by atoms with Gasteiger partial charge in [-0.3, -0.25) is 4.79 Å². The first-order valence-corrected chi connectivity index (χ1v) is 7.61. The van der Waals surface area contributed by atoms with E-state index in [2.05, 4.69) is 24.8 Å². The molecule has 1 saturated heterocycles. The smallest absolute Gasteiger partial charge is 0.222 e. The number of hydrogen-bond donors (Lipinski definition) is 1. The maximum atomic E-state index is 12.0. The van der Waals surface area contributed by atoms with E-state index in [4.69, 9.17) is 5.73 Å². The average molecular weight is 276 g/mol. The zero-order valence-corrected chi connectivity index (χ0v) is 12.1. The largest absolute Gasteiger partial charge is 0.338 e. The molecule has 0 radical (unpaired) electrons. The Morgan fingerprint density at radius 1 is 1.53 bits per heavy atom. The zero-order chi connectivity index (χ0) is 13.7. The van der Waals surface area contributed by atoms with Crippen LogP contribution in [0.15, 0.2) is 11.4 Å². The molecule has 1 amide bonds. The quantitative estimate of drug-likeness (QED) is 0.842. The van der Waals surface area contributed by atoms with E-state index in [9.17, 15) is 4.79 Å². The first-order chi connectivity index (χ1) is 9.19. The lowest BCUT2D eigenvalue weighted by molar-refractivity contribution is -0.131. The van der Waals surface area contributed by atoms with Gasteiger partial charge < -0.3 is 10.6 Å². The van der Waals surface area contributed by atoms with Crippen molar-refractivity contribution >= 4 is 17.2 Å². The topological polar surface area (TPSA) is 46.3 Å². The van der Waals surface area contributed by atoms with Crippen LogP contribution >= 0.6 is 11.3 Å². The second kappa shape index (κ2) is 6.74. The van der Waals surface area contributed by atoms with Crippen LogP contribution in [0.2, 0.25) is 0 Å². The number of nitrogens with zero attached hydrogens (tertiary/aromatic N) is 1. The minimum absolute atomic E-state index is 0.285. The van der Waals surface area contributed by atoms with E-state index in [1.165, 1.54) is 4.88 Å². The van der Waals surface area contributed by atoms with Gasteiger partial charge in [0, 0.05) is 28.8 Å². The monoisotopic (exact) mass is 276 g/mol. The predicted molar refractivity (Wildman–Crippen MR) is 78.7 cm³/mol. The number of amides is 1. The van der Waals surface area contributed by atoms with E-state index in [-0.39, 0.29) is 5.91 Å². The van der Waals surface area contributed by atoms with Gasteiger partial charge in [0.05, 0.1) is 13.1 Å². The third kappa shape index (κ3) is 4.09. The second-order valence-electron chi connectivity index (χ2n) is 5.06. The van der Waals surface area contributed by atoms with E-state index in [1.807, 2.05) is 10.3 Å². The number of likely N-dealkylation sites (tertiary alicyclic amines) is 1. The third-order valence-electron chi connectivity index (χ3n) is 3.43. The van der Waals surface area contributed by atoms with Gasteiger partial charge in [0.2, 0.25) is 5.91 Å². The molecule has 2 rings (SSSR count). The van der Waals surface area contributed by atoms with Crippen molar-refractivity contribution < 1.29 is 4.79 Å². The first-order valence-electron chi connectivity index (χ1n) is 6.73. The molecule has 0 spiro atoms. The highest BCUT2D eigenvalue weighted by atomic mass is 32.1. The predicted octanol–water partition coefficient (Wildman–Crippen LogP) is 2.21. The Kier molecular flexibility index (Phi) is 5.00. The molecule has 1 unspecified atom stereocenters. The molecule has 1 aromatic rings. The van der Waals surface area contributed by atoms with Gasteiger partial charge in [-0.25, -0.2) is 0 Å². The van der Waals surface area contributed by atoms with E-state index >= 15 is 0 Å². The molecule has 102 valence electrons. The minimum Gasteiger partial charge on any atom is -0.338 e. The summed E-state index contributed by atoms with van der Waals surface area (Å²) in [7, 11) is 0. The van der Waals surface area contributed by atoms with Crippen LogP contribution in [0.25, 0.3) is 0 Å². The number of hydrogen-bond acceptors (Lipinski definition) is 3. The summed E-state index contributed by atoms with van der Waals surface area (Å²) in [5.74, 6) is 6.81. The van der Waals surface area contributed by atoms with Crippen molar-refractivity contribution in [1.29, 1.82) is 0 Å². The number of rotatable bonds is 2. The lowest BCUT2D eigenvalue weighted by Crippen LogP contribution is -2.29. The van der Waals surface area contributed by atoms with E-state index < -0.39 is 0 Å². The summed E-state index contributed by atoms with van der Waals surface area (Å²) in [4.78, 5) is 15.2. The molecule has 0 saturated carbocycles. The fourth-order valence-electron chi connectivity index (χ4n) is 2.21. The molecule has 1 aliphatic heterocycles. The molecule has 19 heavy (non-hydrogen) atoms. The molecule has 0 aliphatic carbocycles. The summed E-state index contributed by atoms with van der Waals surface area (Å²) < 4.78 is 0. The maximum Gasteiger partial charge on any atom is 0.222 e. The second-order valence-corrected chi connectivity index (χ2v) is 6.05. The van der Waals surface area contributed by atoms with Gasteiger partial charge >= 0.3 is 0 Å². The molecule has 1 fully saturated rings. The molecular formula is C15H20N2OS. The van der Waals surface area contributed by atoms with E-state index in [1.54, 1.807) is 11.3 Å². The van der Waals surface area contributed by atoms with Crippen molar-refractivity contribution in [3.05, 3.63) is 21.9 Å². The third-order valence-corrected chi connectivity index (χ3v) is 4.35. The van der Waals surface area contributed by atoms with Gasteiger partial charge in [-0.05, 0) is 24.8 Å². The summed E-state index contributed by atoms with van der Waals surface area (Å²) in [6.07, 6.45) is 2.82. The summed E-state index contributed by atoms with van der Waals surface area (Å²) in [5.41, 5.74) is 6.36. The highest BCUT2D eigenvalue weighted by molar-refractivity contribution is 7.10. The summed E-state index contributed by atoms with van der Waals surface area (Å²) in [5, 5.41) is 2.03. The number of nitrogens with two attached hydrogens (primary N) is 1. The Labute approximate surface area is 118 Å². The van der Waals surface area contributed by atoms with Crippen LogP contribution < -0.4 is 5.73 Å². The Morgan fingerprint density at radius 3 is 3.16 bits per heavy atom. The standard InChI is InChI=1S/C15H20N2OS/c1-12-4-5-15(18)17(8-6-12)10-14-9-13(11-19-14)3-2-7-16/h9,11-12H,4-8,10,16H2,1H3. The van der Waals surface area contributed by atoms with Gasteiger partial charge in [-0.2, -0.15) is 0 Å². The summed E-state index contributed by atoms with van der Waals surface area (Å²) in [6.45, 7) is 4.21. The highest BCUT2D eigenvalue weighted by Gasteiger charge is 2.20. The Hall–Kier alpha value is -1.31. The molecule has 2 heterocycles. The summed E-state index contributed by atoms with van der Waals surface area (Å²) in [6, 6.07) is 2.06. The van der Waals surface area contributed by atoms with Crippen LogP contribution in [0.4, 0.5) is 0 Å². The SMILES string of the molecule is CC1CCC(=O)N(Cc2cc(C#CCN)cs2)CC1. The van der Waals surface area contributed by atoms with E-state index in [0.29, 0.717) is 18.9 Å². The molecule has 1 atom stereocenters. The van der Waals surface area contributed by atoms with Crippen molar-refractivity contribution in [3.63, 3.8) is 0 Å². The number of thiophene rings is 1. The fraction of sp³-hybridized carbons (Fsp3) is 0.533. The van der Waals surface area contributed by atoms with Crippen LogP contribution in [0.3, 0.4) is 0 Å². The van der Waals surface area contributed by atoms with E-state index in [0.717, 1.165) is 31.5 Å². The molecule has 0 aromatic carbocycles. The van der Waals surface area contributed by atoms with Crippen LogP contribution in [0, 0.1) is 17.8 Å². The lowest BCUT2D eigenvalue weighted by atomic mass is 10.0. The van der Waals surface area contributed by atoms with Crippen molar-refractivity contribution in [3.8, 4) is 11.8 Å². The number of carbonyl (C=O) groups is 1. The van der Waals surface area contributed by atoms with Crippen molar-refractivity contribution in [2.45, 2.75) is 32.7 Å². The molecule has 4 heteroatoms. The fourth-order valence-corrected chi connectivity index (χ4v) is 3.04. The molecule has 1 aromatic heterocycles. The minimum atomic E-state index is 0.285. The average Bonchev–Trinajstić information content (AvgIpc) is 2.79. The molecule has 1 aliphatic rings. The molecule has 2 N–H and O–H groups in total. The van der Waals surface area contributed by atoms with Gasteiger partial charge in [0.1, 0.15) is 0 Å². The Balaban J connectivity index is 1.99. The van der Waals surface area contributed by atoms with Gasteiger partial charge in [0.25, 0.3) is 0 Å². The first kappa shape index (κ1) is 14.1. The molecular weight excluding hydrogens is 256 g/mol. The van der Waals surface area contributed by atoms with Crippen molar-refractivity contribution in [1.82, 2.24) is 4.90 Å². The normalized spacial score (nSPS) is 19.8. The van der Waals surface area contributed by atoms with Crippen LogP contribution in [0.5, 0.6) is 0 Å². The van der Waals surface area contributed by atoms with Gasteiger partial charge in [-0.15, -0.1) is 11.3 Å². The van der Waals surface area contributed by atoms with Crippen molar-refractivity contribution in [2.75, 3.05) is 13.1 Å². The Bertz CT molecular complexity index is 498. The van der Waals surface area contributed by atoms with Crippen LogP contribution in [-0.2, 0) is 11.3 Å². The Morgan fingerprint density at radius 2 is 2.37 bits per heavy atom. The lowest BCUT2D eigenvalue weighted by Gasteiger charge is -2.19. The summed E-state index contributed by atoms with van der Waals surface area (Å²) >= 11 is 1.67.